The molecule has 0 aromatic heterocycles. The Hall–Kier alpha value is -1.10. The van der Waals surface area contributed by atoms with Crippen LogP contribution in [0.1, 0.15) is 40.5 Å². The Morgan fingerprint density at radius 1 is 1.47 bits per heavy atom. The molecule has 0 bridgehead atoms. The summed E-state index contributed by atoms with van der Waals surface area (Å²) in [5.41, 5.74) is 7.42. The van der Waals surface area contributed by atoms with Gasteiger partial charge in [-0.15, -0.1) is 0 Å². The number of hydrazone groups is 1. The van der Waals surface area contributed by atoms with Gasteiger partial charge in [0.2, 0.25) is 0 Å². The molecule has 0 radical (unpaired) electrons. The lowest BCUT2D eigenvalue weighted by atomic mass is 9.87. The van der Waals surface area contributed by atoms with Crippen molar-refractivity contribution in [1.29, 1.82) is 0 Å². The van der Waals surface area contributed by atoms with Gasteiger partial charge in [-0.25, -0.2) is 10.2 Å². The van der Waals surface area contributed by atoms with E-state index < -0.39 is 11.6 Å². The van der Waals surface area contributed by atoms with Gasteiger partial charge in [0.25, 0.3) is 0 Å². The van der Waals surface area contributed by atoms with Crippen LogP contribution in [0.15, 0.2) is 5.10 Å². The lowest BCUT2D eigenvalue weighted by Crippen LogP contribution is -2.49. The molecule has 86 valence electrons. The summed E-state index contributed by atoms with van der Waals surface area (Å²) in [6, 6.07) is -0.650. The highest BCUT2D eigenvalue weighted by Crippen LogP contribution is 2.32. The Morgan fingerprint density at radius 3 is 2.53 bits per heavy atom. The first-order valence-corrected chi connectivity index (χ1v) is 5.06. The topological polar surface area (TPSA) is 76.7 Å². The molecule has 15 heavy (non-hydrogen) atoms. The van der Waals surface area contributed by atoms with Crippen molar-refractivity contribution in [2.75, 3.05) is 0 Å². The van der Waals surface area contributed by atoms with Crippen molar-refractivity contribution in [3.8, 4) is 0 Å². The number of nitrogens with zero attached hydrogens (tertiary/aromatic N) is 1. The molecule has 1 heterocycles. The Labute approximate surface area is 90.0 Å². The first-order chi connectivity index (χ1) is 6.73. The van der Waals surface area contributed by atoms with Gasteiger partial charge in [-0.2, -0.15) is 5.10 Å². The molecule has 0 aromatic carbocycles. The molecule has 0 unspecified atom stereocenters. The Balaban J connectivity index is 2.76. The van der Waals surface area contributed by atoms with Gasteiger partial charge < -0.3 is 10.5 Å². The summed E-state index contributed by atoms with van der Waals surface area (Å²) in [7, 11) is 0. The zero-order chi connectivity index (χ0) is 11.7. The van der Waals surface area contributed by atoms with E-state index in [1.807, 2.05) is 27.7 Å². The van der Waals surface area contributed by atoms with E-state index in [4.69, 9.17) is 10.5 Å². The molecule has 1 fully saturated rings. The average molecular weight is 213 g/mol. The van der Waals surface area contributed by atoms with Crippen molar-refractivity contribution in [2.24, 2.45) is 10.8 Å². The molecule has 0 spiro atoms. The summed E-state index contributed by atoms with van der Waals surface area (Å²) in [6.45, 7) is 7.98. The molecule has 2 amide bonds. The van der Waals surface area contributed by atoms with Crippen LogP contribution in [0, 0.1) is 0 Å². The lowest BCUT2D eigenvalue weighted by Gasteiger charge is -2.42. The molecule has 0 aliphatic carbocycles. The van der Waals surface area contributed by atoms with Gasteiger partial charge in [-0.3, -0.25) is 0 Å². The number of hydrogen-bond acceptors (Lipinski definition) is 3. The third kappa shape index (κ3) is 3.20. The van der Waals surface area contributed by atoms with Gasteiger partial charge in [-0.05, 0) is 40.5 Å². The molecule has 1 saturated heterocycles. The normalized spacial score (nSPS) is 26.3. The van der Waals surface area contributed by atoms with Crippen LogP contribution in [0.2, 0.25) is 0 Å². The maximum absolute atomic E-state index is 10.5. The third-order valence-electron chi connectivity index (χ3n) is 2.49. The van der Waals surface area contributed by atoms with E-state index in [9.17, 15) is 4.79 Å². The van der Waals surface area contributed by atoms with Crippen LogP contribution in [-0.4, -0.2) is 22.9 Å². The SMILES string of the molecule is CC1(C)CCC(=NNC(N)=O)C(C)(C)O1. The number of urea groups is 1. The molecular weight excluding hydrogens is 194 g/mol. The quantitative estimate of drug-likeness (QED) is 0.645. The molecule has 0 atom stereocenters. The van der Waals surface area contributed by atoms with Crippen molar-refractivity contribution in [1.82, 2.24) is 5.43 Å². The molecule has 1 aliphatic rings. The summed E-state index contributed by atoms with van der Waals surface area (Å²) in [4.78, 5) is 10.5. The monoisotopic (exact) mass is 213 g/mol. The number of hydrogen-bond donors (Lipinski definition) is 2. The number of carbonyl (C=O) groups is 1. The van der Waals surface area contributed by atoms with Crippen molar-refractivity contribution >= 4 is 11.7 Å². The van der Waals surface area contributed by atoms with Gasteiger partial charge in [0.1, 0.15) is 5.60 Å². The number of nitrogens with one attached hydrogen (secondary N) is 1. The summed E-state index contributed by atoms with van der Waals surface area (Å²) in [5, 5.41) is 3.97. The molecule has 5 nitrogen and oxygen atoms in total. The van der Waals surface area contributed by atoms with E-state index in [2.05, 4.69) is 10.5 Å². The molecule has 3 N–H and O–H groups in total. The highest BCUT2D eigenvalue weighted by atomic mass is 16.5. The number of primary amides is 1. The first kappa shape index (κ1) is 12.0. The molecule has 1 aliphatic heterocycles. The van der Waals surface area contributed by atoms with E-state index in [-0.39, 0.29) is 5.60 Å². The largest absolute Gasteiger partial charge is 0.364 e. The average Bonchev–Trinajstić information content (AvgIpc) is 1.98. The number of amides is 2. The van der Waals surface area contributed by atoms with Crippen LogP contribution in [-0.2, 0) is 4.74 Å². The van der Waals surface area contributed by atoms with Crippen LogP contribution in [0.5, 0.6) is 0 Å². The maximum atomic E-state index is 10.5. The number of carbonyl (C=O) groups excluding carboxylic acids is 1. The van der Waals surface area contributed by atoms with Crippen molar-refractivity contribution in [3.63, 3.8) is 0 Å². The number of nitrogens with two attached hydrogens (primary N) is 1. The van der Waals surface area contributed by atoms with Crippen molar-refractivity contribution in [3.05, 3.63) is 0 Å². The number of ether oxygens (including phenoxy) is 1. The highest BCUT2D eigenvalue weighted by Gasteiger charge is 2.38. The van der Waals surface area contributed by atoms with Crippen molar-refractivity contribution < 1.29 is 9.53 Å². The molecule has 5 heteroatoms. The van der Waals surface area contributed by atoms with Crippen LogP contribution in [0.25, 0.3) is 0 Å². The molecular formula is C10H19N3O2. The molecule has 1 rings (SSSR count). The minimum absolute atomic E-state index is 0.144. The van der Waals surface area contributed by atoms with E-state index in [0.29, 0.717) is 0 Å². The van der Waals surface area contributed by atoms with Gasteiger partial charge in [0.05, 0.1) is 11.3 Å². The molecule has 0 saturated carbocycles. The summed E-state index contributed by atoms with van der Waals surface area (Å²) < 4.78 is 5.88. The van der Waals surface area contributed by atoms with E-state index >= 15 is 0 Å². The van der Waals surface area contributed by atoms with E-state index in [0.717, 1.165) is 18.6 Å². The first-order valence-electron chi connectivity index (χ1n) is 5.06. The van der Waals surface area contributed by atoms with Gasteiger partial charge in [0.15, 0.2) is 0 Å². The van der Waals surface area contributed by atoms with Gasteiger partial charge in [0, 0.05) is 0 Å². The zero-order valence-corrected chi connectivity index (χ0v) is 9.76. The minimum Gasteiger partial charge on any atom is -0.364 e. The van der Waals surface area contributed by atoms with Crippen LogP contribution >= 0.6 is 0 Å². The van der Waals surface area contributed by atoms with Crippen LogP contribution in [0.3, 0.4) is 0 Å². The fraction of sp³-hybridized carbons (Fsp3) is 0.800. The van der Waals surface area contributed by atoms with Crippen molar-refractivity contribution in [2.45, 2.75) is 51.7 Å². The van der Waals surface area contributed by atoms with Crippen LogP contribution in [0.4, 0.5) is 4.79 Å². The maximum Gasteiger partial charge on any atom is 0.332 e. The lowest BCUT2D eigenvalue weighted by molar-refractivity contribution is -0.103. The Morgan fingerprint density at radius 2 is 2.07 bits per heavy atom. The second-order valence-electron chi connectivity index (χ2n) is 4.91. The summed E-state index contributed by atoms with van der Waals surface area (Å²) in [6.07, 6.45) is 1.69. The van der Waals surface area contributed by atoms with E-state index in [1.54, 1.807) is 0 Å². The third-order valence-corrected chi connectivity index (χ3v) is 2.49. The zero-order valence-electron chi connectivity index (χ0n) is 9.76. The number of rotatable bonds is 1. The van der Waals surface area contributed by atoms with Gasteiger partial charge >= 0.3 is 6.03 Å². The van der Waals surface area contributed by atoms with E-state index in [1.165, 1.54) is 0 Å². The smallest absolute Gasteiger partial charge is 0.332 e. The minimum atomic E-state index is -0.650. The second kappa shape index (κ2) is 3.81. The summed E-state index contributed by atoms with van der Waals surface area (Å²) >= 11 is 0. The fourth-order valence-corrected chi connectivity index (χ4v) is 1.83. The second-order valence-corrected chi connectivity index (χ2v) is 4.91. The Bertz CT molecular complexity index is 295. The Kier molecular flexibility index (Phi) is 3.04. The van der Waals surface area contributed by atoms with Gasteiger partial charge in [-0.1, -0.05) is 0 Å². The fourth-order valence-electron chi connectivity index (χ4n) is 1.83. The van der Waals surface area contributed by atoms with Crippen LogP contribution < -0.4 is 11.2 Å². The summed E-state index contributed by atoms with van der Waals surface area (Å²) in [5.74, 6) is 0. The predicted molar refractivity (Wildman–Crippen MR) is 58.6 cm³/mol. The predicted octanol–water partition coefficient (Wildman–Crippen LogP) is 1.38. The molecule has 0 aromatic rings. The standard InChI is InChI=1S/C10H19N3O2/c1-9(2)6-5-7(10(3,4)15-9)12-13-8(11)14/h5-6H2,1-4H3,(H3,11,13,14). The highest BCUT2D eigenvalue weighted by molar-refractivity contribution is 5.93.